The number of hydrogen-bond acceptors (Lipinski definition) is 2. The van der Waals surface area contributed by atoms with Crippen LogP contribution in [-0.2, 0) is 22.6 Å². The number of carbonyl (C=O) groups is 2. The molecular weight excluding hydrogens is 288 g/mol. The number of hydrogen-bond donors (Lipinski definition) is 1. The van der Waals surface area contributed by atoms with Gasteiger partial charge in [-0.1, -0.05) is 52.0 Å². The van der Waals surface area contributed by atoms with Gasteiger partial charge < -0.3 is 10.2 Å². The fourth-order valence-electron chi connectivity index (χ4n) is 2.94. The first-order valence-corrected chi connectivity index (χ1v) is 8.54. The molecule has 4 nitrogen and oxygen atoms in total. The predicted octanol–water partition coefficient (Wildman–Crippen LogP) is 2.76. The summed E-state index contributed by atoms with van der Waals surface area (Å²) in [5, 5.41) is 2.94. The lowest BCUT2D eigenvalue weighted by molar-refractivity contribution is -0.138. The van der Waals surface area contributed by atoms with Gasteiger partial charge in [0, 0.05) is 19.0 Å². The molecule has 0 radical (unpaired) electrons. The van der Waals surface area contributed by atoms with Crippen LogP contribution < -0.4 is 5.32 Å². The lowest BCUT2D eigenvalue weighted by Gasteiger charge is -2.33. The van der Waals surface area contributed by atoms with Gasteiger partial charge in [-0.2, -0.15) is 0 Å². The normalized spacial score (nSPS) is 15.5. The van der Waals surface area contributed by atoms with Crippen molar-refractivity contribution in [3.05, 3.63) is 35.4 Å². The van der Waals surface area contributed by atoms with Gasteiger partial charge in [0.2, 0.25) is 11.8 Å². The quantitative estimate of drug-likeness (QED) is 0.908. The van der Waals surface area contributed by atoms with Crippen LogP contribution >= 0.6 is 0 Å². The van der Waals surface area contributed by atoms with E-state index >= 15 is 0 Å². The van der Waals surface area contributed by atoms with Gasteiger partial charge in [0.15, 0.2) is 0 Å². The van der Waals surface area contributed by atoms with Crippen molar-refractivity contribution in [2.24, 2.45) is 11.8 Å². The molecule has 0 fully saturated rings. The van der Waals surface area contributed by atoms with Crippen molar-refractivity contribution in [3.8, 4) is 0 Å². The van der Waals surface area contributed by atoms with Crippen molar-refractivity contribution in [1.29, 1.82) is 0 Å². The maximum Gasteiger partial charge on any atom is 0.245 e. The number of rotatable bonds is 5. The highest BCUT2D eigenvalue weighted by Gasteiger charge is 2.29. The topological polar surface area (TPSA) is 49.4 Å². The molecule has 0 saturated carbocycles. The third-order valence-electron chi connectivity index (χ3n) is 4.29. The van der Waals surface area contributed by atoms with E-state index in [2.05, 4.69) is 31.3 Å². The number of fused-ring (bicyclic) bond motifs is 1. The SMILES string of the molecule is CC(C)C[C@@H](NC(=O)C(C)C)C(=O)N1CCc2ccccc2C1. The maximum atomic E-state index is 12.9. The second kappa shape index (κ2) is 7.62. The molecule has 23 heavy (non-hydrogen) atoms. The summed E-state index contributed by atoms with van der Waals surface area (Å²) in [6, 6.07) is 7.84. The molecule has 1 aromatic carbocycles. The first-order valence-electron chi connectivity index (χ1n) is 8.54. The zero-order valence-corrected chi connectivity index (χ0v) is 14.6. The number of benzene rings is 1. The minimum Gasteiger partial charge on any atom is -0.344 e. The largest absolute Gasteiger partial charge is 0.344 e. The Labute approximate surface area is 139 Å². The Hall–Kier alpha value is -1.84. The molecule has 0 unspecified atom stereocenters. The molecule has 0 aromatic heterocycles. The van der Waals surface area contributed by atoms with Gasteiger partial charge in [-0.3, -0.25) is 9.59 Å². The number of carbonyl (C=O) groups excluding carboxylic acids is 2. The average molecular weight is 316 g/mol. The number of amides is 2. The standard InChI is InChI=1S/C19H28N2O2/c1-13(2)11-17(20-18(22)14(3)4)19(23)21-10-9-15-7-5-6-8-16(15)12-21/h5-8,13-14,17H,9-12H2,1-4H3,(H,20,22)/t17-/m1/s1. The molecule has 0 bridgehead atoms. The van der Waals surface area contributed by atoms with Gasteiger partial charge in [-0.25, -0.2) is 0 Å². The molecule has 0 saturated heterocycles. The van der Waals surface area contributed by atoms with Crippen molar-refractivity contribution in [2.45, 2.75) is 53.1 Å². The lowest BCUT2D eigenvalue weighted by atomic mass is 9.97. The van der Waals surface area contributed by atoms with Crippen LogP contribution in [0, 0.1) is 11.8 Å². The summed E-state index contributed by atoms with van der Waals surface area (Å²) in [6.45, 7) is 9.22. The number of nitrogens with zero attached hydrogens (tertiary/aromatic N) is 1. The highest BCUT2D eigenvalue weighted by molar-refractivity contribution is 5.88. The zero-order valence-electron chi connectivity index (χ0n) is 14.6. The van der Waals surface area contributed by atoms with Crippen LogP contribution in [0.3, 0.4) is 0 Å². The average Bonchev–Trinajstić information content (AvgIpc) is 2.52. The molecule has 1 atom stereocenters. The molecule has 1 N–H and O–H groups in total. The predicted molar refractivity (Wildman–Crippen MR) is 91.8 cm³/mol. The zero-order chi connectivity index (χ0) is 17.0. The first-order chi connectivity index (χ1) is 10.9. The Morgan fingerprint density at radius 1 is 1.13 bits per heavy atom. The van der Waals surface area contributed by atoms with Gasteiger partial charge in [0.1, 0.15) is 6.04 Å². The molecule has 1 heterocycles. The molecular formula is C19H28N2O2. The minimum absolute atomic E-state index is 0.0437. The Morgan fingerprint density at radius 2 is 1.78 bits per heavy atom. The lowest BCUT2D eigenvalue weighted by Crippen LogP contribution is -2.51. The van der Waals surface area contributed by atoms with Crippen LogP contribution in [0.2, 0.25) is 0 Å². The third-order valence-corrected chi connectivity index (χ3v) is 4.29. The Kier molecular flexibility index (Phi) is 5.80. The van der Waals surface area contributed by atoms with Crippen molar-refractivity contribution in [1.82, 2.24) is 10.2 Å². The van der Waals surface area contributed by atoms with Crippen molar-refractivity contribution in [3.63, 3.8) is 0 Å². The van der Waals surface area contributed by atoms with E-state index in [1.54, 1.807) is 0 Å². The summed E-state index contributed by atoms with van der Waals surface area (Å²) in [6.07, 6.45) is 1.56. The van der Waals surface area contributed by atoms with Gasteiger partial charge in [-0.05, 0) is 29.9 Å². The first kappa shape index (κ1) is 17.5. The van der Waals surface area contributed by atoms with Crippen LogP contribution in [0.25, 0.3) is 0 Å². The molecule has 2 rings (SSSR count). The smallest absolute Gasteiger partial charge is 0.245 e. The minimum atomic E-state index is -0.421. The Morgan fingerprint density at radius 3 is 2.39 bits per heavy atom. The second-order valence-corrected chi connectivity index (χ2v) is 7.12. The van der Waals surface area contributed by atoms with E-state index in [0.717, 1.165) is 13.0 Å². The molecule has 1 aliphatic rings. The maximum absolute atomic E-state index is 12.9. The van der Waals surface area contributed by atoms with E-state index in [0.29, 0.717) is 18.9 Å². The van der Waals surface area contributed by atoms with E-state index < -0.39 is 6.04 Å². The summed E-state index contributed by atoms with van der Waals surface area (Å²) < 4.78 is 0. The molecule has 4 heteroatoms. The van der Waals surface area contributed by atoms with E-state index in [9.17, 15) is 9.59 Å². The van der Waals surface area contributed by atoms with Crippen molar-refractivity contribution < 1.29 is 9.59 Å². The monoisotopic (exact) mass is 316 g/mol. The fourth-order valence-corrected chi connectivity index (χ4v) is 2.94. The van der Waals surface area contributed by atoms with E-state index in [1.165, 1.54) is 11.1 Å². The number of nitrogens with one attached hydrogen (secondary N) is 1. The fraction of sp³-hybridized carbons (Fsp3) is 0.579. The van der Waals surface area contributed by atoms with Crippen LogP contribution in [0.4, 0.5) is 0 Å². The molecule has 0 aliphatic carbocycles. The summed E-state index contributed by atoms with van der Waals surface area (Å²) >= 11 is 0. The van der Waals surface area contributed by atoms with Gasteiger partial charge in [0.05, 0.1) is 0 Å². The third kappa shape index (κ3) is 4.57. The highest BCUT2D eigenvalue weighted by atomic mass is 16.2. The van der Waals surface area contributed by atoms with Gasteiger partial charge >= 0.3 is 0 Å². The summed E-state index contributed by atoms with van der Waals surface area (Å²) in [7, 11) is 0. The summed E-state index contributed by atoms with van der Waals surface area (Å²) in [5.74, 6) is 0.233. The van der Waals surface area contributed by atoms with Gasteiger partial charge in [-0.15, -0.1) is 0 Å². The highest BCUT2D eigenvalue weighted by Crippen LogP contribution is 2.20. The molecule has 2 amide bonds. The van der Waals surface area contributed by atoms with Crippen LogP contribution in [0.15, 0.2) is 24.3 Å². The van der Waals surface area contributed by atoms with E-state index in [-0.39, 0.29) is 17.7 Å². The molecule has 1 aromatic rings. The van der Waals surface area contributed by atoms with Crippen LogP contribution in [0.5, 0.6) is 0 Å². The van der Waals surface area contributed by atoms with E-state index in [4.69, 9.17) is 0 Å². The molecule has 0 spiro atoms. The summed E-state index contributed by atoms with van der Waals surface area (Å²) in [5.41, 5.74) is 2.54. The van der Waals surface area contributed by atoms with Crippen molar-refractivity contribution in [2.75, 3.05) is 6.54 Å². The second-order valence-electron chi connectivity index (χ2n) is 7.12. The summed E-state index contributed by atoms with van der Waals surface area (Å²) in [4.78, 5) is 26.8. The molecule has 1 aliphatic heterocycles. The van der Waals surface area contributed by atoms with Crippen molar-refractivity contribution >= 4 is 11.8 Å². The van der Waals surface area contributed by atoms with E-state index in [1.807, 2.05) is 30.9 Å². The van der Waals surface area contributed by atoms with Crippen LogP contribution in [-0.4, -0.2) is 29.3 Å². The Bertz CT molecular complexity index is 566. The van der Waals surface area contributed by atoms with Crippen LogP contribution in [0.1, 0.15) is 45.2 Å². The van der Waals surface area contributed by atoms with Gasteiger partial charge in [0.25, 0.3) is 0 Å². The molecule has 126 valence electrons. The Balaban J connectivity index is 2.09.